The van der Waals surface area contributed by atoms with Gasteiger partial charge in [-0.2, -0.15) is 0 Å². The van der Waals surface area contributed by atoms with Crippen molar-refractivity contribution < 1.29 is 14.4 Å². The Morgan fingerprint density at radius 3 is 1.92 bits per heavy atom. The lowest BCUT2D eigenvalue weighted by molar-refractivity contribution is -0.120. The zero-order valence-electron chi connectivity index (χ0n) is 14.3. The van der Waals surface area contributed by atoms with E-state index < -0.39 is 0 Å². The van der Waals surface area contributed by atoms with E-state index in [1.165, 1.54) is 0 Å². The molecule has 25 heavy (non-hydrogen) atoms. The molecule has 0 unspecified atom stereocenters. The van der Waals surface area contributed by atoms with E-state index in [-0.39, 0.29) is 23.6 Å². The molecule has 3 rings (SSSR count). The SMILES string of the molecule is CCC(CC)C(=O)Nc1ccc(N2C(=O)c3ccccc3C2=O)cc1. The van der Waals surface area contributed by atoms with Gasteiger partial charge in [0.1, 0.15) is 0 Å². The number of benzene rings is 2. The Labute approximate surface area is 146 Å². The van der Waals surface area contributed by atoms with Crippen LogP contribution in [0.25, 0.3) is 0 Å². The van der Waals surface area contributed by atoms with Crippen LogP contribution in [0.1, 0.15) is 47.4 Å². The lowest BCUT2D eigenvalue weighted by Gasteiger charge is -2.16. The van der Waals surface area contributed by atoms with Crippen LogP contribution >= 0.6 is 0 Å². The van der Waals surface area contributed by atoms with Crippen molar-refractivity contribution in [2.75, 3.05) is 10.2 Å². The first-order chi connectivity index (χ1) is 12.1. The quantitative estimate of drug-likeness (QED) is 0.843. The number of fused-ring (bicyclic) bond motifs is 1. The molecule has 1 heterocycles. The van der Waals surface area contributed by atoms with Crippen LogP contribution in [0.2, 0.25) is 0 Å². The second kappa shape index (κ2) is 6.89. The first-order valence-corrected chi connectivity index (χ1v) is 8.45. The smallest absolute Gasteiger partial charge is 0.266 e. The van der Waals surface area contributed by atoms with Crippen molar-refractivity contribution in [1.82, 2.24) is 0 Å². The van der Waals surface area contributed by atoms with Crippen molar-refractivity contribution in [2.45, 2.75) is 26.7 Å². The first kappa shape index (κ1) is 16.9. The number of imide groups is 1. The topological polar surface area (TPSA) is 66.5 Å². The van der Waals surface area contributed by atoms with Gasteiger partial charge in [-0.3, -0.25) is 14.4 Å². The molecular formula is C20H20N2O3. The number of carbonyl (C=O) groups is 3. The summed E-state index contributed by atoms with van der Waals surface area (Å²) in [5.74, 6) is -0.682. The van der Waals surface area contributed by atoms with Crippen LogP contribution in [0.15, 0.2) is 48.5 Å². The molecule has 128 valence electrons. The average molecular weight is 336 g/mol. The third kappa shape index (κ3) is 3.05. The largest absolute Gasteiger partial charge is 0.326 e. The van der Waals surface area contributed by atoms with E-state index >= 15 is 0 Å². The number of nitrogens with zero attached hydrogens (tertiary/aromatic N) is 1. The third-order valence-electron chi connectivity index (χ3n) is 4.54. The molecule has 5 heteroatoms. The van der Waals surface area contributed by atoms with Crippen molar-refractivity contribution in [3.8, 4) is 0 Å². The number of carbonyl (C=O) groups excluding carboxylic acids is 3. The molecule has 1 N–H and O–H groups in total. The maximum Gasteiger partial charge on any atom is 0.266 e. The summed E-state index contributed by atoms with van der Waals surface area (Å²) in [4.78, 5) is 38.2. The summed E-state index contributed by atoms with van der Waals surface area (Å²) >= 11 is 0. The van der Waals surface area contributed by atoms with Gasteiger partial charge >= 0.3 is 0 Å². The fourth-order valence-electron chi connectivity index (χ4n) is 3.02. The molecule has 0 aliphatic carbocycles. The zero-order chi connectivity index (χ0) is 18.0. The Bertz CT molecular complexity index is 788. The average Bonchev–Trinajstić information content (AvgIpc) is 2.88. The lowest BCUT2D eigenvalue weighted by Crippen LogP contribution is -2.29. The Hall–Kier alpha value is -2.95. The Morgan fingerprint density at radius 1 is 0.920 bits per heavy atom. The summed E-state index contributed by atoms with van der Waals surface area (Å²) in [5.41, 5.74) is 1.97. The molecule has 0 atom stereocenters. The van der Waals surface area contributed by atoms with E-state index in [4.69, 9.17) is 0 Å². The maximum absolute atomic E-state index is 12.5. The summed E-state index contributed by atoms with van der Waals surface area (Å²) < 4.78 is 0. The fourth-order valence-corrected chi connectivity index (χ4v) is 3.02. The van der Waals surface area contributed by atoms with Gasteiger partial charge in [0.2, 0.25) is 5.91 Å². The minimum atomic E-state index is -0.325. The fraction of sp³-hybridized carbons (Fsp3) is 0.250. The number of hydrogen-bond acceptors (Lipinski definition) is 3. The van der Waals surface area contributed by atoms with Gasteiger partial charge < -0.3 is 5.32 Å². The Balaban J connectivity index is 1.79. The molecule has 2 aromatic rings. The first-order valence-electron chi connectivity index (χ1n) is 8.45. The second-order valence-corrected chi connectivity index (χ2v) is 6.04. The summed E-state index contributed by atoms with van der Waals surface area (Å²) in [6, 6.07) is 13.5. The van der Waals surface area contributed by atoms with Gasteiger partial charge in [0, 0.05) is 11.6 Å². The van der Waals surface area contributed by atoms with Crippen molar-refractivity contribution in [3.05, 3.63) is 59.7 Å². The van der Waals surface area contributed by atoms with Crippen LogP contribution in [-0.2, 0) is 4.79 Å². The molecule has 0 saturated heterocycles. The van der Waals surface area contributed by atoms with Gasteiger partial charge in [0.15, 0.2) is 0 Å². The Morgan fingerprint density at radius 2 is 1.44 bits per heavy atom. The molecule has 3 amide bonds. The molecular weight excluding hydrogens is 316 g/mol. The lowest BCUT2D eigenvalue weighted by atomic mass is 10.0. The molecule has 0 fully saturated rings. The minimum Gasteiger partial charge on any atom is -0.326 e. The summed E-state index contributed by atoms with van der Waals surface area (Å²) in [5, 5.41) is 2.87. The van der Waals surface area contributed by atoms with Crippen molar-refractivity contribution in [3.63, 3.8) is 0 Å². The van der Waals surface area contributed by atoms with E-state index in [0.717, 1.165) is 17.7 Å². The number of hydrogen-bond donors (Lipinski definition) is 1. The van der Waals surface area contributed by atoms with Crippen LogP contribution in [-0.4, -0.2) is 17.7 Å². The summed E-state index contributed by atoms with van der Waals surface area (Å²) in [6.45, 7) is 3.97. The number of rotatable bonds is 5. The normalized spacial score (nSPS) is 13.3. The maximum atomic E-state index is 12.5. The molecule has 0 spiro atoms. The van der Waals surface area contributed by atoms with Crippen molar-refractivity contribution >= 4 is 29.1 Å². The monoisotopic (exact) mass is 336 g/mol. The van der Waals surface area contributed by atoms with Crippen molar-refractivity contribution in [1.29, 1.82) is 0 Å². The zero-order valence-corrected chi connectivity index (χ0v) is 14.3. The van der Waals surface area contributed by atoms with Gasteiger partial charge in [-0.05, 0) is 49.2 Å². The van der Waals surface area contributed by atoms with Gasteiger partial charge in [0.25, 0.3) is 11.8 Å². The number of nitrogens with one attached hydrogen (secondary N) is 1. The van der Waals surface area contributed by atoms with Crippen LogP contribution < -0.4 is 10.2 Å². The minimum absolute atomic E-state index is 0.0153. The van der Waals surface area contributed by atoms with Gasteiger partial charge in [-0.1, -0.05) is 26.0 Å². The second-order valence-electron chi connectivity index (χ2n) is 6.04. The van der Waals surface area contributed by atoms with Gasteiger partial charge in [-0.25, -0.2) is 4.90 Å². The predicted octanol–water partition coefficient (Wildman–Crippen LogP) is 3.86. The number of amides is 3. The van der Waals surface area contributed by atoms with E-state index in [1.807, 2.05) is 13.8 Å². The summed E-state index contributed by atoms with van der Waals surface area (Å²) in [6.07, 6.45) is 1.57. The van der Waals surface area contributed by atoms with E-state index in [1.54, 1.807) is 48.5 Å². The van der Waals surface area contributed by atoms with Crippen molar-refractivity contribution in [2.24, 2.45) is 5.92 Å². The predicted molar refractivity (Wildman–Crippen MR) is 96.7 cm³/mol. The van der Waals surface area contributed by atoms with E-state index in [9.17, 15) is 14.4 Å². The highest BCUT2D eigenvalue weighted by Gasteiger charge is 2.36. The van der Waals surface area contributed by atoms with Crippen LogP contribution in [0, 0.1) is 5.92 Å². The van der Waals surface area contributed by atoms with Crippen LogP contribution in [0.3, 0.4) is 0 Å². The van der Waals surface area contributed by atoms with E-state index in [0.29, 0.717) is 22.5 Å². The molecule has 0 saturated carbocycles. The molecule has 5 nitrogen and oxygen atoms in total. The van der Waals surface area contributed by atoms with Crippen LogP contribution in [0.4, 0.5) is 11.4 Å². The highest BCUT2D eigenvalue weighted by Crippen LogP contribution is 2.29. The van der Waals surface area contributed by atoms with Crippen LogP contribution in [0.5, 0.6) is 0 Å². The van der Waals surface area contributed by atoms with E-state index in [2.05, 4.69) is 5.32 Å². The molecule has 0 radical (unpaired) electrons. The molecule has 1 aliphatic rings. The molecule has 1 aliphatic heterocycles. The molecule has 0 aromatic heterocycles. The van der Waals surface area contributed by atoms with Gasteiger partial charge in [0.05, 0.1) is 16.8 Å². The standard InChI is InChI=1S/C20H20N2O3/c1-3-13(4-2)18(23)21-14-9-11-15(12-10-14)22-19(24)16-7-5-6-8-17(16)20(22)25/h5-13H,3-4H2,1-2H3,(H,21,23). The van der Waals surface area contributed by atoms with Gasteiger partial charge in [-0.15, -0.1) is 0 Å². The molecule has 2 aromatic carbocycles. The molecule has 0 bridgehead atoms. The Kier molecular flexibility index (Phi) is 4.65. The highest BCUT2D eigenvalue weighted by atomic mass is 16.2. The summed E-state index contributed by atoms with van der Waals surface area (Å²) in [7, 11) is 0. The number of anilines is 2. The third-order valence-corrected chi connectivity index (χ3v) is 4.54. The highest BCUT2D eigenvalue weighted by molar-refractivity contribution is 6.34.